The summed E-state index contributed by atoms with van der Waals surface area (Å²) < 4.78 is 10.6. The highest BCUT2D eigenvalue weighted by molar-refractivity contribution is 5.37. The van der Waals surface area contributed by atoms with Crippen molar-refractivity contribution in [2.45, 2.75) is 26.6 Å². The van der Waals surface area contributed by atoms with Gasteiger partial charge in [-0.1, -0.05) is 6.07 Å². The largest absolute Gasteiger partial charge is 0.496 e. The standard InChI is InChI=1S/C17H25N3O3/c1-13-18-9-16(19-13)11-20(6-7-21)10-14-4-5-17(23-3)15(8-14)12-22-2/h4-5,8-9,21H,6-7,10-12H2,1-3H3,(H,18,19). The lowest BCUT2D eigenvalue weighted by atomic mass is 10.1. The van der Waals surface area contributed by atoms with E-state index in [4.69, 9.17) is 9.47 Å². The Morgan fingerprint density at radius 2 is 2.09 bits per heavy atom. The van der Waals surface area contributed by atoms with E-state index in [1.54, 1.807) is 14.2 Å². The third-order valence-corrected chi connectivity index (χ3v) is 3.62. The molecule has 0 fully saturated rings. The maximum Gasteiger partial charge on any atom is 0.124 e. The Morgan fingerprint density at radius 1 is 1.26 bits per heavy atom. The number of methoxy groups -OCH3 is 2. The maximum absolute atomic E-state index is 9.31. The van der Waals surface area contributed by atoms with Gasteiger partial charge in [-0.2, -0.15) is 0 Å². The van der Waals surface area contributed by atoms with Crippen LogP contribution >= 0.6 is 0 Å². The van der Waals surface area contributed by atoms with Crippen LogP contribution < -0.4 is 4.74 Å². The minimum atomic E-state index is 0.119. The summed E-state index contributed by atoms with van der Waals surface area (Å²) in [5, 5.41) is 9.31. The summed E-state index contributed by atoms with van der Waals surface area (Å²) >= 11 is 0. The zero-order valence-electron chi connectivity index (χ0n) is 14.0. The highest BCUT2D eigenvalue weighted by Crippen LogP contribution is 2.22. The number of nitrogens with one attached hydrogen (secondary N) is 1. The van der Waals surface area contributed by atoms with Crippen molar-refractivity contribution in [1.29, 1.82) is 0 Å². The second kappa shape index (κ2) is 8.67. The smallest absolute Gasteiger partial charge is 0.124 e. The number of H-pyrrole nitrogens is 1. The molecule has 0 aliphatic rings. The molecule has 0 aliphatic heterocycles. The normalized spacial score (nSPS) is 11.2. The Labute approximate surface area is 137 Å². The van der Waals surface area contributed by atoms with E-state index in [0.717, 1.165) is 34.9 Å². The van der Waals surface area contributed by atoms with Gasteiger partial charge in [0.1, 0.15) is 11.6 Å². The first kappa shape index (κ1) is 17.5. The predicted octanol–water partition coefficient (Wildman–Crippen LogP) is 1.87. The molecule has 2 N–H and O–H groups in total. The maximum atomic E-state index is 9.31. The van der Waals surface area contributed by atoms with Crippen molar-refractivity contribution in [3.8, 4) is 5.75 Å². The lowest BCUT2D eigenvalue weighted by Gasteiger charge is -2.21. The molecule has 0 saturated carbocycles. The number of aryl methyl sites for hydroxylation is 1. The second-order valence-corrected chi connectivity index (χ2v) is 5.51. The van der Waals surface area contributed by atoms with Gasteiger partial charge in [-0.15, -0.1) is 0 Å². The number of hydrogen-bond acceptors (Lipinski definition) is 5. The van der Waals surface area contributed by atoms with Gasteiger partial charge in [-0.25, -0.2) is 4.98 Å². The molecule has 0 spiro atoms. The van der Waals surface area contributed by atoms with E-state index < -0.39 is 0 Å². The summed E-state index contributed by atoms with van der Waals surface area (Å²) in [5.74, 6) is 1.73. The monoisotopic (exact) mass is 319 g/mol. The molecular weight excluding hydrogens is 294 g/mol. The van der Waals surface area contributed by atoms with Crippen LogP contribution in [0.2, 0.25) is 0 Å². The minimum Gasteiger partial charge on any atom is -0.496 e. The number of nitrogens with zero attached hydrogens (tertiary/aromatic N) is 2. The van der Waals surface area contributed by atoms with Crippen molar-refractivity contribution in [1.82, 2.24) is 14.9 Å². The molecule has 6 heteroatoms. The van der Waals surface area contributed by atoms with Gasteiger partial charge in [0.25, 0.3) is 0 Å². The highest BCUT2D eigenvalue weighted by Gasteiger charge is 2.10. The van der Waals surface area contributed by atoms with Gasteiger partial charge < -0.3 is 19.6 Å². The molecular formula is C17H25N3O3. The molecule has 1 aromatic carbocycles. The Hall–Kier alpha value is -1.89. The van der Waals surface area contributed by atoms with Gasteiger partial charge in [0.2, 0.25) is 0 Å². The number of benzene rings is 1. The summed E-state index contributed by atoms with van der Waals surface area (Å²) in [6, 6.07) is 6.09. The van der Waals surface area contributed by atoms with E-state index >= 15 is 0 Å². The van der Waals surface area contributed by atoms with Crippen molar-refractivity contribution >= 4 is 0 Å². The first-order valence-electron chi connectivity index (χ1n) is 7.64. The third kappa shape index (κ3) is 5.06. The second-order valence-electron chi connectivity index (χ2n) is 5.51. The highest BCUT2D eigenvalue weighted by atomic mass is 16.5. The van der Waals surface area contributed by atoms with Crippen LogP contribution in [0.4, 0.5) is 0 Å². The van der Waals surface area contributed by atoms with E-state index in [1.807, 2.05) is 25.3 Å². The molecule has 0 radical (unpaired) electrons. The fraction of sp³-hybridized carbons (Fsp3) is 0.471. The molecule has 0 atom stereocenters. The van der Waals surface area contributed by atoms with Crippen molar-refractivity contribution in [3.05, 3.63) is 47.0 Å². The van der Waals surface area contributed by atoms with E-state index in [0.29, 0.717) is 19.7 Å². The average molecular weight is 319 g/mol. The van der Waals surface area contributed by atoms with E-state index in [-0.39, 0.29) is 6.61 Å². The molecule has 23 heavy (non-hydrogen) atoms. The van der Waals surface area contributed by atoms with Gasteiger partial charge in [0, 0.05) is 44.2 Å². The van der Waals surface area contributed by atoms with Gasteiger partial charge in [-0.3, -0.25) is 4.90 Å². The number of ether oxygens (including phenoxy) is 2. The molecule has 6 nitrogen and oxygen atoms in total. The summed E-state index contributed by atoms with van der Waals surface area (Å²) in [6.07, 6.45) is 1.84. The van der Waals surface area contributed by atoms with Gasteiger partial charge >= 0.3 is 0 Å². The molecule has 0 aliphatic carbocycles. The number of aromatic nitrogens is 2. The molecule has 2 aromatic rings. The van der Waals surface area contributed by atoms with Crippen LogP contribution in [0.5, 0.6) is 5.75 Å². The van der Waals surface area contributed by atoms with Crippen LogP contribution in [0.1, 0.15) is 22.6 Å². The number of aromatic amines is 1. The van der Waals surface area contributed by atoms with Gasteiger partial charge in [0.05, 0.1) is 20.3 Å². The fourth-order valence-electron chi connectivity index (χ4n) is 2.61. The Morgan fingerprint density at radius 3 is 2.70 bits per heavy atom. The van der Waals surface area contributed by atoms with Crippen LogP contribution in [-0.4, -0.2) is 47.3 Å². The third-order valence-electron chi connectivity index (χ3n) is 3.62. The number of aliphatic hydroxyl groups excluding tert-OH is 1. The van der Waals surface area contributed by atoms with Crippen LogP contribution in [-0.2, 0) is 24.4 Å². The quantitative estimate of drug-likeness (QED) is 0.738. The molecule has 2 rings (SSSR count). The van der Waals surface area contributed by atoms with Crippen LogP contribution in [0.25, 0.3) is 0 Å². The molecule has 1 aromatic heterocycles. The molecule has 1 heterocycles. The number of imidazole rings is 1. The zero-order chi connectivity index (χ0) is 16.7. The summed E-state index contributed by atoms with van der Waals surface area (Å²) in [4.78, 5) is 9.62. The first-order chi connectivity index (χ1) is 11.2. The van der Waals surface area contributed by atoms with E-state index in [9.17, 15) is 5.11 Å². The summed E-state index contributed by atoms with van der Waals surface area (Å²) in [5.41, 5.74) is 3.22. The topological polar surface area (TPSA) is 70.6 Å². The average Bonchev–Trinajstić information content (AvgIpc) is 2.93. The van der Waals surface area contributed by atoms with Crippen molar-refractivity contribution in [3.63, 3.8) is 0 Å². The van der Waals surface area contributed by atoms with Crippen LogP contribution in [0, 0.1) is 6.92 Å². The Balaban J connectivity index is 2.10. The molecule has 0 amide bonds. The van der Waals surface area contributed by atoms with Crippen molar-refractivity contribution in [2.75, 3.05) is 27.4 Å². The fourth-order valence-corrected chi connectivity index (χ4v) is 2.61. The Bertz CT molecular complexity index is 613. The number of hydrogen-bond donors (Lipinski definition) is 2. The van der Waals surface area contributed by atoms with Gasteiger partial charge in [0.15, 0.2) is 0 Å². The van der Waals surface area contributed by atoms with Crippen LogP contribution in [0.3, 0.4) is 0 Å². The predicted molar refractivity (Wildman–Crippen MR) is 88.2 cm³/mol. The Kier molecular flexibility index (Phi) is 6.58. The number of aliphatic hydroxyl groups is 1. The lowest BCUT2D eigenvalue weighted by Crippen LogP contribution is -2.26. The zero-order valence-corrected chi connectivity index (χ0v) is 14.0. The molecule has 126 valence electrons. The molecule has 0 unspecified atom stereocenters. The first-order valence-corrected chi connectivity index (χ1v) is 7.64. The molecule has 0 saturated heterocycles. The summed E-state index contributed by atoms with van der Waals surface area (Å²) in [6.45, 7) is 4.61. The SMILES string of the molecule is COCc1cc(CN(CCO)Cc2cnc(C)[nH]2)ccc1OC. The minimum absolute atomic E-state index is 0.119. The molecule has 0 bridgehead atoms. The van der Waals surface area contributed by atoms with Crippen molar-refractivity contribution < 1.29 is 14.6 Å². The number of rotatable bonds is 9. The van der Waals surface area contributed by atoms with E-state index in [2.05, 4.69) is 20.9 Å². The summed E-state index contributed by atoms with van der Waals surface area (Å²) in [7, 11) is 3.33. The van der Waals surface area contributed by atoms with Crippen molar-refractivity contribution in [2.24, 2.45) is 0 Å². The van der Waals surface area contributed by atoms with Gasteiger partial charge in [-0.05, 0) is 24.6 Å². The lowest BCUT2D eigenvalue weighted by molar-refractivity contribution is 0.178. The van der Waals surface area contributed by atoms with Crippen LogP contribution in [0.15, 0.2) is 24.4 Å². The van der Waals surface area contributed by atoms with E-state index in [1.165, 1.54) is 0 Å².